The zero-order chi connectivity index (χ0) is 22.5. The predicted octanol–water partition coefficient (Wildman–Crippen LogP) is 4.44. The van der Waals surface area contributed by atoms with Gasteiger partial charge < -0.3 is 4.74 Å². The molecule has 9 heteroatoms. The highest BCUT2D eigenvalue weighted by atomic mass is 79.9. The van der Waals surface area contributed by atoms with Gasteiger partial charge in [0.15, 0.2) is 0 Å². The second kappa shape index (κ2) is 9.88. The second-order valence-electron chi connectivity index (χ2n) is 6.78. The minimum Gasteiger partial charge on any atom is -0.493 e. The molecular formula is C23H19BrN4O3S. The van der Waals surface area contributed by atoms with Crippen LogP contribution in [0, 0.1) is 0 Å². The van der Waals surface area contributed by atoms with E-state index < -0.39 is 5.91 Å². The molecule has 0 aliphatic heterocycles. The molecule has 4 rings (SSSR count). The molecule has 0 unspecified atom stereocenters. The van der Waals surface area contributed by atoms with E-state index in [0.717, 1.165) is 15.6 Å². The van der Waals surface area contributed by atoms with Crippen molar-refractivity contribution in [3.8, 4) is 16.9 Å². The lowest BCUT2D eigenvalue weighted by molar-refractivity contribution is -0.121. The molecule has 7 nitrogen and oxygen atoms in total. The van der Waals surface area contributed by atoms with E-state index in [9.17, 15) is 9.59 Å². The number of amides is 1. The van der Waals surface area contributed by atoms with Gasteiger partial charge in [0, 0.05) is 21.0 Å². The van der Waals surface area contributed by atoms with Crippen molar-refractivity contribution in [1.29, 1.82) is 0 Å². The molecule has 1 N–H and O–H groups in total. The second-order valence-corrected chi connectivity index (χ2v) is 8.56. The number of thiophene rings is 1. The van der Waals surface area contributed by atoms with Gasteiger partial charge in [0.2, 0.25) is 0 Å². The summed E-state index contributed by atoms with van der Waals surface area (Å²) in [4.78, 5) is 30.5. The van der Waals surface area contributed by atoms with E-state index in [0.29, 0.717) is 28.1 Å². The van der Waals surface area contributed by atoms with E-state index in [1.54, 1.807) is 0 Å². The number of carbonyl (C=O) groups excluding carboxylic acids is 1. The van der Waals surface area contributed by atoms with E-state index in [2.05, 4.69) is 31.4 Å². The Morgan fingerprint density at radius 1 is 1.28 bits per heavy atom. The molecule has 162 valence electrons. The lowest BCUT2D eigenvalue weighted by Gasteiger charge is -2.07. The fourth-order valence-corrected chi connectivity index (χ4v) is 4.47. The van der Waals surface area contributed by atoms with E-state index in [4.69, 9.17) is 4.74 Å². The molecule has 0 fully saturated rings. The Kier molecular flexibility index (Phi) is 6.77. The molecule has 0 aliphatic carbocycles. The highest BCUT2D eigenvalue weighted by Gasteiger charge is 2.14. The van der Waals surface area contributed by atoms with Gasteiger partial charge in [-0.2, -0.15) is 5.10 Å². The van der Waals surface area contributed by atoms with Gasteiger partial charge in [0.05, 0.1) is 24.5 Å². The van der Waals surface area contributed by atoms with Crippen LogP contribution in [0.4, 0.5) is 0 Å². The van der Waals surface area contributed by atoms with E-state index in [1.807, 2.05) is 60.8 Å². The Bertz CT molecular complexity index is 1350. The Labute approximate surface area is 196 Å². The summed E-state index contributed by atoms with van der Waals surface area (Å²) in [6, 6.07) is 15.2. The van der Waals surface area contributed by atoms with Gasteiger partial charge in [-0.25, -0.2) is 10.4 Å². The topological polar surface area (TPSA) is 85.6 Å². The summed E-state index contributed by atoms with van der Waals surface area (Å²) in [5.74, 6) is 0.222. The molecular weight excluding hydrogens is 492 g/mol. The number of halogens is 1. The van der Waals surface area contributed by atoms with Crippen LogP contribution < -0.4 is 15.7 Å². The molecule has 2 aromatic heterocycles. The maximum absolute atomic E-state index is 13.1. The summed E-state index contributed by atoms with van der Waals surface area (Å²) in [5.41, 5.74) is 4.66. The number of nitrogens with zero attached hydrogens (tertiary/aromatic N) is 3. The van der Waals surface area contributed by atoms with Gasteiger partial charge >= 0.3 is 0 Å². The van der Waals surface area contributed by atoms with Crippen molar-refractivity contribution >= 4 is 49.6 Å². The highest BCUT2D eigenvalue weighted by molar-refractivity contribution is 9.10. The number of nitrogens with one attached hydrogen (secondary N) is 1. The Morgan fingerprint density at radius 2 is 2.09 bits per heavy atom. The first-order chi connectivity index (χ1) is 15.6. The third-order valence-corrected chi connectivity index (χ3v) is 6.00. The van der Waals surface area contributed by atoms with Crippen molar-refractivity contribution < 1.29 is 9.53 Å². The van der Waals surface area contributed by atoms with Crippen LogP contribution in [-0.4, -0.2) is 28.3 Å². The van der Waals surface area contributed by atoms with Gasteiger partial charge in [0.25, 0.3) is 11.5 Å². The third kappa shape index (κ3) is 4.79. The predicted molar refractivity (Wildman–Crippen MR) is 130 cm³/mol. The molecule has 0 saturated carbocycles. The zero-order valence-electron chi connectivity index (χ0n) is 17.1. The van der Waals surface area contributed by atoms with Crippen LogP contribution in [0.5, 0.6) is 5.75 Å². The first-order valence-corrected chi connectivity index (χ1v) is 11.5. The summed E-state index contributed by atoms with van der Waals surface area (Å²) >= 11 is 4.81. The normalized spacial score (nSPS) is 11.2. The molecule has 1 amide bonds. The van der Waals surface area contributed by atoms with Crippen LogP contribution in [0.15, 0.2) is 74.6 Å². The third-order valence-electron chi connectivity index (χ3n) is 4.62. The lowest BCUT2D eigenvalue weighted by atomic mass is 10.1. The number of hydrazone groups is 1. The van der Waals surface area contributed by atoms with Gasteiger partial charge in [0.1, 0.15) is 17.1 Å². The molecule has 32 heavy (non-hydrogen) atoms. The highest BCUT2D eigenvalue weighted by Crippen LogP contribution is 2.30. The number of aromatic nitrogens is 2. The maximum Gasteiger partial charge on any atom is 0.263 e. The van der Waals surface area contributed by atoms with Crippen molar-refractivity contribution in [3.63, 3.8) is 0 Å². The summed E-state index contributed by atoms with van der Waals surface area (Å²) < 4.78 is 7.72. The average molecular weight is 511 g/mol. The number of rotatable bonds is 7. The van der Waals surface area contributed by atoms with Crippen molar-refractivity contribution in [1.82, 2.24) is 15.0 Å². The van der Waals surface area contributed by atoms with E-state index >= 15 is 0 Å². The van der Waals surface area contributed by atoms with Crippen molar-refractivity contribution in [3.05, 3.63) is 80.6 Å². The minimum absolute atomic E-state index is 0.194. The summed E-state index contributed by atoms with van der Waals surface area (Å²) in [6.07, 6.45) is 2.89. The smallest absolute Gasteiger partial charge is 0.263 e. The Hall–Kier alpha value is -3.30. The largest absolute Gasteiger partial charge is 0.493 e. The molecule has 4 aromatic rings. The molecule has 0 bridgehead atoms. The zero-order valence-corrected chi connectivity index (χ0v) is 19.5. The van der Waals surface area contributed by atoms with Gasteiger partial charge in [-0.3, -0.25) is 14.2 Å². The number of carbonyl (C=O) groups is 1. The summed E-state index contributed by atoms with van der Waals surface area (Å²) in [5, 5.41) is 6.43. The van der Waals surface area contributed by atoms with E-state index in [1.165, 1.54) is 28.4 Å². The van der Waals surface area contributed by atoms with Gasteiger partial charge in [-0.05, 0) is 30.7 Å². The minimum atomic E-state index is -0.436. The molecule has 0 radical (unpaired) electrons. The van der Waals surface area contributed by atoms with Crippen LogP contribution in [0.1, 0.15) is 12.5 Å². The molecule has 0 spiro atoms. The SMILES string of the molecule is CCOc1ccc(Br)cc1/C=N\NC(=O)Cn1cnc2scc(-c3ccccc3)c2c1=O. The number of benzene rings is 2. The molecule has 2 aromatic carbocycles. The average Bonchev–Trinajstić information content (AvgIpc) is 3.23. The summed E-state index contributed by atoms with van der Waals surface area (Å²) in [7, 11) is 0. The van der Waals surface area contributed by atoms with Crippen molar-refractivity contribution in [2.45, 2.75) is 13.5 Å². The first kappa shape index (κ1) is 21.9. The first-order valence-electron chi connectivity index (χ1n) is 9.83. The van der Waals surface area contributed by atoms with Crippen molar-refractivity contribution in [2.24, 2.45) is 5.10 Å². The Morgan fingerprint density at radius 3 is 2.88 bits per heavy atom. The maximum atomic E-state index is 13.1. The van der Waals surface area contributed by atoms with E-state index in [-0.39, 0.29) is 12.1 Å². The summed E-state index contributed by atoms with van der Waals surface area (Å²) in [6.45, 7) is 2.21. The molecule has 2 heterocycles. The lowest BCUT2D eigenvalue weighted by Crippen LogP contribution is -2.30. The van der Waals surface area contributed by atoms with Crippen LogP contribution >= 0.6 is 27.3 Å². The standard InChI is InChI=1S/C23H19BrN4O3S/c1-2-31-19-9-8-17(24)10-16(19)11-26-27-20(29)12-28-14-25-22-21(23(28)30)18(13-32-22)15-6-4-3-5-7-15/h3-11,13-14H,2,12H2,1H3,(H,27,29)/b26-11-. The van der Waals surface area contributed by atoms with Crippen LogP contribution in [0.25, 0.3) is 21.3 Å². The quantitative estimate of drug-likeness (QED) is 0.294. The number of fused-ring (bicyclic) bond motifs is 1. The van der Waals surface area contributed by atoms with Gasteiger partial charge in [-0.1, -0.05) is 46.3 Å². The molecule has 0 aliphatic rings. The number of ether oxygens (including phenoxy) is 1. The number of hydrogen-bond acceptors (Lipinski definition) is 6. The fourth-order valence-electron chi connectivity index (χ4n) is 3.18. The van der Waals surface area contributed by atoms with Crippen LogP contribution in [0.3, 0.4) is 0 Å². The van der Waals surface area contributed by atoms with Gasteiger partial charge in [-0.15, -0.1) is 11.3 Å². The van der Waals surface area contributed by atoms with Crippen LogP contribution in [0.2, 0.25) is 0 Å². The molecule has 0 atom stereocenters. The molecule has 0 saturated heterocycles. The van der Waals surface area contributed by atoms with Crippen LogP contribution in [-0.2, 0) is 11.3 Å². The number of hydrogen-bond donors (Lipinski definition) is 1. The fraction of sp³-hybridized carbons (Fsp3) is 0.130. The monoisotopic (exact) mass is 510 g/mol. The van der Waals surface area contributed by atoms with Crippen molar-refractivity contribution in [2.75, 3.05) is 6.61 Å². The Balaban J connectivity index is 1.52.